The average Bonchev–Trinajstić information content (AvgIpc) is 3.25. The number of ether oxygens (including phenoxy) is 1. The summed E-state index contributed by atoms with van der Waals surface area (Å²) in [5.74, 6) is -0.0329. The van der Waals surface area contributed by atoms with Gasteiger partial charge >= 0.3 is 0 Å². The molecule has 1 aromatic rings. The fourth-order valence-electron chi connectivity index (χ4n) is 5.01. The fourth-order valence-corrected chi connectivity index (χ4v) is 5.01. The van der Waals surface area contributed by atoms with Gasteiger partial charge < -0.3 is 15.4 Å². The van der Waals surface area contributed by atoms with Gasteiger partial charge in [0.25, 0.3) is 5.91 Å². The summed E-state index contributed by atoms with van der Waals surface area (Å²) in [7, 11) is 0. The second-order valence-electron chi connectivity index (χ2n) is 8.81. The number of rotatable bonds is 6. The van der Waals surface area contributed by atoms with Crippen molar-refractivity contribution in [3.63, 3.8) is 0 Å². The zero-order valence-corrected chi connectivity index (χ0v) is 18.2. The number of hydrogen-bond donors (Lipinski definition) is 2. The number of halogens is 1. The van der Waals surface area contributed by atoms with Crippen molar-refractivity contribution >= 4 is 18.3 Å². The first-order chi connectivity index (χ1) is 13.7. The zero-order valence-electron chi connectivity index (χ0n) is 17.4. The minimum absolute atomic E-state index is 0. The van der Waals surface area contributed by atoms with E-state index in [0.717, 1.165) is 65.3 Å². The fraction of sp³-hybridized carbons (Fsp3) is 0.810. The van der Waals surface area contributed by atoms with E-state index in [-0.39, 0.29) is 23.7 Å². The lowest BCUT2D eigenvalue weighted by Crippen LogP contribution is -2.49. The maximum absolute atomic E-state index is 12.8. The number of carbonyl (C=O) groups excluding carboxylic acids is 1. The normalized spacial score (nSPS) is 25.2. The van der Waals surface area contributed by atoms with Crippen LogP contribution in [0.15, 0.2) is 12.3 Å². The van der Waals surface area contributed by atoms with E-state index in [0.29, 0.717) is 11.7 Å². The van der Waals surface area contributed by atoms with Gasteiger partial charge in [-0.25, -0.2) is 0 Å². The predicted octanol–water partition coefficient (Wildman–Crippen LogP) is 2.24. The Labute approximate surface area is 180 Å². The number of nitrogens with one attached hydrogen (secondary N) is 2. The average molecular weight is 426 g/mol. The van der Waals surface area contributed by atoms with Crippen LogP contribution in [0.5, 0.6) is 0 Å². The highest BCUT2D eigenvalue weighted by Gasteiger charge is 2.35. The van der Waals surface area contributed by atoms with Gasteiger partial charge in [-0.05, 0) is 38.3 Å². The summed E-state index contributed by atoms with van der Waals surface area (Å²) in [6, 6.07) is 2.22. The van der Waals surface area contributed by atoms with Crippen molar-refractivity contribution in [1.29, 1.82) is 0 Å². The number of piperidine rings is 1. The van der Waals surface area contributed by atoms with Gasteiger partial charge in [0, 0.05) is 44.3 Å². The molecule has 2 aliphatic heterocycles. The van der Waals surface area contributed by atoms with E-state index in [1.165, 1.54) is 32.1 Å². The topological polar surface area (TPSA) is 71.4 Å². The molecule has 2 saturated heterocycles. The van der Waals surface area contributed by atoms with E-state index in [2.05, 4.69) is 20.6 Å². The van der Waals surface area contributed by atoms with Crippen molar-refractivity contribution in [1.82, 2.24) is 25.3 Å². The van der Waals surface area contributed by atoms with Crippen molar-refractivity contribution in [3.05, 3.63) is 18.0 Å². The molecule has 29 heavy (non-hydrogen) atoms. The maximum atomic E-state index is 12.8. The Morgan fingerprint density at radius 2 is 2.03 bits per heavy atom. The number of carbonyl (C=O) groups is 1. The number of amides is 1. The Kier molecular flexibility index (Phi) is 8.35. The van der Waals surface area contributed by atoms with E-state index in [4.69, 9.17) is 4.74 Å². The second-order valence-corrected chi connectivity index (χ2v) is 8.81. The molecule has 1 unspecified atom stereocenters. The summed E-state index contributed by atoms with van der Waals surface area (Å²) in [5.41, 5.74) is 0.740. The molecule has 1 amide bonds. The summed E-state index contributed by atoms with van der Waals surface area (Å²) >= 11 is 0. The Morgan fingerprint density at radius 3 is 2.76 bits per heavy atom. The number of nitrogens with zero attached hydrogens (tertiary/aromatic N) is 3. The Bertz CT molecular complexity index is 635. The highest BCUT2D eigenvalue weighted by atomic mass is 35.5. The molecule has 4 rings (SSSR count). The van der Waals surface area contributed by atoms with Gasteiger partial charge in [0.2, 0.25) is 0 Å². The molecule has 0 aromatic carbocycles. The van der Waals surface area contributed by atoms with Crippen LogP contribution in [0.25, 0.3) is 0 Å². The molecular formula is C21H36ClN5O2. The van der Waals surface area contributed by atoms with Crippen LogP contribution in [0.2, 0.25) is 0 Å². The largest absolute Gasteiger partial charge is 0.379 e. The summed E-state index contributed by atoms with van der Waals surface area (Å²) in [6.07, 6.45) is 10.5. The quantitative estimate of drug-likeness (QED) is 0.731. The molecule has 3 aliphatic rings. The standard InChI is InChI=1S/C21H35N5O2.ClH/c27-20(19-6-10-26(24-19)18-5-4-9-22-15-18)23-16-21(7-2-1-3-8-21)17-25-11-13-28-14-12-25;/h6,10,18,22H,1-5,7-9,11-17H2,(H,23,27);1H. The Morgan fingerprint density at radius 1 is 1.24 bits per heavy atom. The van der Waals surface area contributed by atoms with Crippen LogP contribution in [0.1, 0.15) is 61.5 Å². The molecule has 0 radical (unpaired) electrons. The predicted molar refractivity (Wildman–Crippen MR) is 116 cm³/mol. The lowest BCUT2D eigenvalue weighted by Gasteiger charge is -2.42. The number of hydrogen-bond acceptors (Lipinski definition) is 5. The summed E-state index contributed by atoms with van der Waals surface area (Å²) in [5, 5.41) is 11.2. The first-order valence-corrected chi connectivity index (χ1v) is 11.1. The molecule has 164 valence electrons. The molecule has 8 heteroatoms. The minimum Gasteiger partial charge on any atom is -0.379 e. The molecule has 1 aliphatic carbocycles. The molecular weight excluding hydrogens is 390 g/mol. The van der Waals surface area contributed by atoms with Crippen molar-refractivity contribution in [2.24, 2.45) is 5.41 Å². The second kappa shape index (κ2) is 10.8. The first-order valence-electron chi connectivity index (χ1n) is 11.1. The zero-order chi connectivity index (χ0) is 19.2. The van der Waals surface area contributed by atoms with Gasteiger partial charge in [-0.2, -0.15) is 5.10 Å². The third-order valence-electron chi connectivity index (χ3n) is 6.69. The minimum atomic E-state index is -0.0329. The molecule has 0 bridgehead atoms. The lowest BCUT2D eigenvalue weighted by molar-refractivity contribution is 0.00726. The van der Waals surface area contributed by atoms with E-state index in [9.17, 15) is 4.79 Å². The van der Waals surface area contributed by atoms with Crippen LogP contribution in [0, 0.1) is 5.41 Å². The molecule has 2 N–H and O–H groups in total. The van der Waals surface area contributed by atoms with Crippen molar-refractivity contribution in [3.8, 4) is 0 Å². The van der Waals surface area contributed by atoms with E-state index < -0.39 is 0 Å². The SMILES string of the molecule is Cl.O=C(NCC1(CN2CCOCC2)CCCCC1)c1ccn(C2CCCNC2)n1. The van der Waals surface area contributed by atoms with Gasteiger partial charge in [0.15, 0.2) is 0 Å². The van der Waals surface area contributed by atoms with Crippen LogP contribution in [0.4, 0.5) is 0 Å². The maximum Gasteiger partial charge on any atom is 0.271 e. The van der Waals surface area contributed by atoms with Gasteiger partial charge in [-0.1, -0.05) is 19.3 Å². The van der Waals surface area contributed by atoms with Crippen LogP contribution in [-0.4, -0.2) is 73.1 Å². The van der Waals surface area contributed by atoms with Crippen LogP contribution < -0.4 is 10.6 Å². The molecule has 1 saturated carbocycles. The van der Waals surface area contributed by atoms with E-state index >= 15 is 0 Å². The number of morpholine rings is 1. The van der Waals surface area contributed by atoms with Gasteiger partial charge in [-0.3, -0.25) is 14.4 Å². The highest BCUT2D eigenvalue weighted by molar-refractivity contribution is 5.92. The van der Waals surface area contributed by atoms with E-state index in [1.54, 1.807) is 0 Å². The van der Waals surface area contributed by atoms with Crippen LogP contribution in [0.3, 0.4) is 0 Å². The smallest absolute Gasteiger partial charge is 0.271 e. The third kappa shape index (κ3) is 5.94. The first kappa shape index (κ1) is 22.5. The number of aromatic nitrogens is 2. The van der Waals surface area contributed by atoms with Crippen molar-refractivity contribution in [2.45, 2.75) is 51.0 Å². The van der Waals surface area contributed by atoms with Gasteiger partial charge in [0.05, 0.1) is 19.3 Å². The molecule has 7 nitrogen and oxygen atoms in total. The van der Waals surface area contributed by atoms with E-state index in [1.807, 2.05) is 16.9 Å². The summed E-state index contributed by atoms with van der Waals surface area (Å²) < 4.78 is 7.47. The Balaban J connectivity index is 0.00000240. The highest BCUT2D eigenvalue weighted by Crippen LogP contribution is 2.36. The molecule has 1 aromatic heterocycles. The molecule has 1 atom stereocenters. The molecule has 3 heterocycles. The van der Waals surface area contributed by atoms with Gasteiger partial charge in [-0.15, -0.1) is 12.4 Å². The summed E-state index contributed by atoms with van der Waals surface area (Å²) in [6.45, 7) is 7.51. The van der Waals surface area contributed by atoms with Crippen LogP contribution in [-0.2, 0) is 4.74 Å². The van der Waals surface area contributed by atoms with Crippen LogP contribution >= 0.6 is 12.4 Å². The Hall–Kier alpha value is -1.15. The van der Waals surface area contributed by atoms with Crippen molar-refractivity contribution < 1.29 is 9.53 Å². The van der Waals surface area contributed by atoms with Gasteiger partial charge in [0.1, 0.15) is 5.69 Å². The lowest BCUT2D eigenvalue weighted by atomic mass is 9.73. The monoisotopic (exact) mass is 425 g/mol. The molecule has 3 fully saturated rings. The third-order valence-corrected chi connectivity index (χ3v) is 6.69. The summed E-state index contributed by atoms with van der Waals surface area (Å²) in [4.78, 5) is 15.3. The van der Waals surface area contributed by atoms with Crippen molar-refractivity contribution in [2.75, 3.05) is 52.5 Å². The molecule has 0 spiro atoms.